The van der Waals surface area contributed by atoms with Crippen LogP contribution in [0.2, 0.25) is 0 Å². The Balaban J connectivity index is -0.0000000575. The molecule has 0 heterocycles. The zero-order chi connectivity index (χ0) is 6.28. The van der Waals surface area contributed by atoms with Crippen molar-refractivity contribution >= 4 is 23.1 Å². The first kappa shape index (κ1) is 15.9. The molecule has 2 nitrogen and oxygen atoms in total. The van der Waals surface area contributed by atoms with Crippen molar-refractivity contribution in [3.05, 3.63) is 0 Å². The Kier molecular flexibility index (Phi) is 31.0. The average molecular weight is 128 g/mol. The summed E-state index contributed by atoms with van der Waals surface area (Å²) in [6.07, 6.45) is -0.417. The summed E-state index contributed by atoms with van der Waals surface area (Å²) in [5.41, 5.74) is 0. The molecule has 0 aliphatic rings. The van der Waals surface area contributed by atoms with Gasteiger partial charge in [-0.15, -0.1) is 12.7 Å². The first-order valence-corrected chi connectivity index (χ1v) is 2.39. The van der Waals surface area contributed by atoms with Gasteiger partial charge in [0.25, 0.3) is 0 Å². The molecule has 0 bridgehead atoms. The predicted octanol–water partition coefficient (Wildman–Crippen LogP) is -1.26. The molecule has 0 saturated carbocycles. The van der Waals surface area contributed by atoms with Gasteiger partial charge in [-0.3, -0.25) is 0 Å². The summed E-state index contributed by atoms with van der Waals surface area (Å²) in [6, 6.07) is 0. The van der Waals surface area contributed by atoms with Gasteiger partial charge < -0.3 is 10.2 Å². The van der Waals surface area contributed by atoms with Crippen LogP contribution in [0.3, 0.4) is 0 Å². The molecule has 0 aromatic carbocycles. The van der Waals surface area contributed by atoms with Gasteiger partial charge >= 0.3 is 23.1 Å². The van der Waals surface area contributed by atoms with Crippen molar-refractivity contribution in [2.45, 2.75) is 26.9 Å². The molecule has 0 amide bonds. The van der Waals surface area contributed by atoms with Crippen LogP contribution in [-0.2, 0) is 0 Å². The van der Waals surface area contributed by atoms with Gasteiger partial charge in [-0.1, -0.05) is 20.8 Å². The van der Waals surface area contributed by atoms with Crippen molar-refractivity contribution in [3.8, 4) is 0 Å². The minimum absolute atomic E-state index is 0. The number of rotatable bonds is 0. The molecule has 0 aliphatic heterocycles. The standard InChI is InChI=1S/C3H7O.C2H5O.Mg/c1-3(2)4;1-2-3;/h3H,1-2H3;2H2,1H3;/q2*-1;+2. The Bertz CT molecular complexity index is 21.6. The molecule has 0 spiro atoms. The van der Waals surface area contributed by atoms with E-state index in [1.54, 1.807) is 20.8 Å². The van der Waals surface area contributed by atoms with Crippen molar-refractivity contribution in [1.82, 2.24) is 0 Å². The Labute approximate surface area is 67.1 Å². The smallest absolute Gasteiger partial charge is 0.855 e. The van der Waals surface area contributed by atoms with Crippen LogP contribution in [0.15, 0.2) is 0 Å². The van der Waals surface area contributed by atoms with E-state index in [-0.39, 0.29) is 29.7 Å². The van der Waals surface area contributed by atoms with Crippen LogP contribution in [0.1, 0.15) is 20.8 Å². The SMILES string of the molecule is CC(C)[O-].CC[O-].[Mg+2]. The van der Waals surface area contributed by atoms with Crippen molar-refractivity contribution in [2.75, 3.05) is 6.61 Å². The molecule has 0 aromatic rings. The molecule has 0 radical (unpaired) electrons. The van der Waals surface area contributed by atoms with Gasteiger partial charge in [0, 0.05) is 0 Å². The molecular formula is C5H12MgO2. The van der Waals surface area contributed by atoms with Gasteiger partial charge in [-0.05, 0) is 0 Å². The molecule has 0 aliphatic carbocycles. The minimum atomic E-state index is -0.417. The summed E-state index contributed by atoms with van der Waals surface area (Å²) in [6.45, 7) is 4.79. The molecule has 0 saturated heterocycles. The number of hydrogen-bond acceptors (Lipinski definition) is 2. The predicted molar refractivity (Wildman–Crippen MR) is 31.4 cm³/mol. The van der Waals surface area contributed by atoms with Crippen LogP contribution in [0.25, 0.3) is 0 Å². The van der Waals surface area contributed by atoms with Crippen molar-refractivity contribution in [1.29, 1.82) is 0 Å². The van der Waals surface area contributed by atoms with E-state index in [0.29, 0.717) is 0 Å². The van der Waals surface area contributed by atoms with Crippen LogP contribution < -0.4 is 10.2 Å². The maximum absolute atomic E-state index is 9.53. The first-order valence-electron chi connectivity index (χ1n) is 2.39. The maximum Gasteiger partial charge on any atom is 2.00 e. The van der Waals surface area contributed by atoms with Crippen LogP contribution in [0, 0.1) is 0 Å². The van der Waals surface area contributed by atoms with Crippen LogP contribution in [-0.4, -0.2) is 35.8 Å². The molecule has 0 fully saturated rings. The number of hydrogen-bond donors (Lipinski definition) is 0. The molecule has 0 atom stereocenters. The Morgan fingerprint density at radius 3 is 1.38 bits per heavy atom. The topological polar surface area (TPSA) is 46.1 Å². The van der Waals surface area contributed by atoms with Gasteiger partial charge in [0.15, 0.2) is 0 Å². The molecule has 0 unspecified atom stereocenters. The summed E-state index contributed by atoms with van der Waals surface area (Å²) < 4.78 is 0. The molecule has 8 heavy (non-hydrogen) atoms. The van der Waals surface area contributed by atoms with Gasteiger partial charge in [0.05, 0.1) is 0 Å². The van der Waals surface area contributed by atoms with Gasteiger partial charge in [0.1, 0.15) is 0 Å². The summed E-state index contributed by atoms with van der Waals surface area (Å²) in [7, 11) is 0. The Morgan fingerprint density at radius 1 is 1.38 bits per heavy atom. The Hall–Kier alpha value is 0.686. The maximum atomic E-state index is 9.53. The van der Waals surface area contributed by atoms with E-state index in [0.717, 1.165) is 0 Å². The van der Waals surface area contributed by atoms with E-state index in [1.165, 1.54) is 0 Å². The van der Waals surface area contributed by atoms with E-state index in [4.69, 9.17) is 5.11 Å². The second kappa shape index (κ2) is 15.6. The van der Waals surface area contributed by atoms with E-state index < -0.39 is 6.10 Å². The van der Waals surface area contributed by atoms with E-state index in [2.05, 4.69) is 0 Å². The minimum Gasteiger partial charge on any atom is -0.855 e. The fourth-order valence-corrected chi connectivity index (χ4v) is 0. The third kappa shape index (κ3) is 459. The van der Waals surface area contributed by atoms with Gasteiger partial charge in [-0.2, -0.15) is 0 Å². The fourth-order valence-electron chi connectivity index (χ4n) is 0. The molecule has 0 aromatic heterocycles. The van der Waals surface area contributed by atoms with Gasteiger partial charge in [-0.25, -0.2) is 0 Å². The fraction of sp³-hybridized carbons (Fsp3) is 1.00. The monoisotopic (exact) mass is 128 g/mol. The second-order valence-electron chi connectivity index (χ2n) is 1.34. The second-order valence-corrected chi connectivity index (χ2v) is 1.34. The quantitative estimate of drug-likeness (QED) is 0.383. The van der Waals surface area contributed by atoms with Crippen LogP contribution in [0.5, 0.6) is 0 Å². The van der Waals surface area contributed by atoms with Crippen LogP contribution in [0.4, 0.5) is 0 Å². The van der Waals surface area contributed by atoms with Crippen molar-refractivity contribution in [3.63, 3.8) is 0 Å². The van der Waals surface area contributed by atoms with Gasteiger partial charge in [0.2, 0.25) is 0 Å². The summed E-state index contributed by atoms with van der Waals surface area (Å²) in [5, 5.41) is 18.5. The molecule has 0 rings (SSSR count). The molecular weight excluding hydrogens is 116 g/mol. The molecule has 46 valence electrons. The molecule has 3 heteroatoms. The van der Waals surface area contributed by atoms with E-state index in [9.17, 15) is 5.11 Å². The zero-order valence-corrected chi connectivity index (χ0v) is 7.22. The zero-order valence-electron chi connectivity index (χ0n) is 5.81. The van der Waals surface area contributed by atoms with E-state index >= 15 is 0 Å². The third-order valence-electron chi connectivity index (χ3n) is 0. The third-order valence-corrected chi connectivity index (χ3v) is 0. The first-order chi connectivity index (χ1) is 3.15. The van der Waals surface area contributed by atoms with Crippen LogP contribution >= 0.6 is 0 Å². The van der Waals surface area contributed by atoms with Crippen molar-refractivity contribution in [2.24, 2.45) is 0 Å². The van der Waals surface area contributed by atoms with Crippen molar-refractivity contribution < 1.29 is 10.2 Å². The summed E-state index contributed by atoms with van der Waals surface area (Å²) >= 11 is 0. The molecule has 0 N–H and O–H groups in total. The Morgan fingerprint density at radius 2 is 1.38 bits per heavy atom. The normalized spacial score (nSPS) is 6.75. The largest absolute Gasteiger partial charge is 2.00 e. The summed E-state index contributed by atoms with van der Waals surface area (Å²) in [4.78, 5) is 0. The average Bonchev–Trinajstić information content (AvgIpc) is 1.33. The van der Waals surface area contributed by atoms with E-state index in [1.807, 2.05) is 0 Å². The summed E-state index contributed by atoms with van der Waals surface area (Å²) in [5.74, 6) is 0.